The molecule has 134 valence electrons. The number of nitrogens with two attached hydrogens (primary N) is 1. The van der Waals surface area contributed by atoms with E-state index in [0.29, 0.717) is 36.5 Å². The zero-order valence-corrected chi connectivity index (χ0v) is 14.1. The average molecular weight is 345 g/mol. The molecule has 3 rings (SSSR count). The first-order chi connectivity index (χ1) is 12.1. The number of ether oxygens (including phenoxy) is 1. The van der Waals surface area contributed by atoms with Crippen molar-refractivity contribution in [1.29, 1.82) is 0 Å². The van der Waals surface area contributed by atoms with E-state index in [2.05, 4.69) is 10.5 Å². The first-order valence-corrected chi connectivity index (χ1v) is 8.39. The van der Waals surface area contributed by atoms with Crippen LogP contribution >= 0.6 is 0 Å². The van der Waals surface area contributed by atoms with Gasteiger partial charge >= 0.3 is 0 Å². The van der Waals surface area contributed by atoms with Gasteiger partial charge in [-0.3, -0.25) is 4.79 Å². The van der Waals surface area contributed by atoms with Gasteiger partial charge in [0.2, 0.25) is 5.91 Å². The van der Waals surface area contributed by atoms with Gasteiger partial charge in [0.15, 0.2) is 5.76 Å². The van der Waals surface area contributed by atoms with E-state index >= 15 is 0 Å². The van der Waals surface area contributed by atoms with Crippen LogP contribution in [0.3, 0.4) is 0 Å². The second kappa shape index (κ2) is 7.67. The van der Waals surface area contributed by atoms with Crippen molar-refractivity contribution in [2.45, 2.75) is 38.0 Å². The van der Waals surface area contributed by atoms with Crippen molar-refractivity contribution in [2.24, 2.45) is 11.7 Å². The summed E-state index contributed by atoms with van der Waals surface area (Å²) in [6, 6.07) is 9.07. The zero-order chi connectivity index (χ0) is 17.8. The van der Waals surface area contributed by atoms with E-state index in [0.717, 1.165) is 5.56 Å². The van der Waals surface area contributed by atoms with Gasteiger partial charge < -0.3 is 25.4 Å². The molecule has 1 heterocycles. The lowest BCUT2D eigenvalue weighted by Crippen LogP contribution is -2.44. The molecule has 0 radical (unpaired) electrons. The number of benzene rings is 1. The average Bonchev–Trinajstić information content (AvgIpc) is 3.10. The first-order valence-electron chi connectivity index (χ1n) is 8.39. The van der Waals surface area contributed by atoms with Crippen LogP contribution in [-0.4, -0.2) is 35.4 Å². The molecule has 1 aromatic carbocycles. The van der Waals surface area contributed by atoms with Gasteiger partial charge in [0, 0.05) is 23.6 Å². The standard InChI is InChI=1S/C18H23N3O4/c1-24-17-5-3-2-4-13(17)15-9-12(25-21-15)10-20-18(23)11-6-7-14(19)16(22)8-11/h2-5,9,11,14,16,22H,6-8,10,19H2,1H3,(H,20,23)/t11-,14-,16-/m0/s1. The summed E-state index contributed by atoms with van der Waals surface area (Å²) >= 11 is 0. The molecule has 0 saturated heterocycles. The van der Waals surface area contributed by atoms with Crippen LogP contribution in [-0.2, 0) is 11.3 Å². The van der Waals surface area contributed by atoms with Gasteiger partial charge in [0.25, 0.3) is 0 Å². The largest absolute Gasteiger partial charge is 0.496 e. The highest BCUT2D eigenvalue weighted by Gasteiger charge is 2.30. The number of aliphatic hydroxyl groups excluding tert-OH is 1. The van der Waals surface area contributed by atoms with E-state index in [9.17, 15) is 9.90 Å². The van der Waals surface area contributed by atoms with E-state index < -0.39 is 6.10 Å². The second-order valence-corrected chi connectivity index (χ2v) is 6.34. The van der Waals surface area contributed by atoms with Crippen molar-refractivity contribution >= 4 is 5.91 Å². The van der Waals surface area contributed by atoms with E-state index in [1.807, 2.05) is 24.3 Å². The third kappa shape index (κ3) is 4.00. The predicted molar refractivity (Wildman–Crippen MR) is 91.7 cm³/mol. The van der Waals surface area contributed by atoms with Crippen molar-refractivity contribution in [2.75, 3.05) is 7.11 Å². The molecule has 1 aliphatic rings. The maximum absolute atomic E-state index is 12.3. The van der Waals surface area contributed by atoms with Crippen LogP contribution < -0.4 is 15.8 Å². The fourth-order valence-electron chi connectivity index (χ4n) is 3.11. The number of hydrogen-bond donors (Lipinski definition) is 3. The molecular formula is C18H23N3O4. The minimum atomic E-state index is -0.619. The monoisotopic (exact) mass is 345 g/mol. The Labute approximate surface area is 146 Å². The topological polar surface area (TPSA) is 111 Å². The summed E-state index contributed by atoms with van der Waals surface area (Å²) in [6.07, 6.45) is 1.12. The Hall–Kier alpha value is -2.38. The second-order valence-electron chi connectivity index (χ2n) is 6.34. The van der Waals surface area contributed by atoms with E-state index in [-0.39, 0.29) is 24.4 Å². The molecule has 4 N–H and O–H groups in total. The van der Waals surface area contributed by atoms with Crippen molar-refractivity contribution in [3.8, 4) is 17.0 Å². The number of methoxy groups -OCH3 is 1. The van der Waals surface area contributed by atoms with E-state index in [4.69, 9.17) is 15.0 Å². The minimum absolute atomic E-state index is 0.0961. The fraction of sp³-hybridized carbons (Fsp3) is 0.444. The fourth-order valence-corrected chi connectivity index (χ4v) is 3.11. The van der Waals surface area contributed by atoms with Crippen LogP contribution in [0.2, 0.25) is 0 Å². The lowest BCUT2D eigenvalue weighted by Gasteiger charge is -2.29. The number of aliphatic hydroxyl groups is 1. The number of carbonyl (C=O) groups excluding carboxylic acids is 1. The lowest BCUT2D eigenvalue weighted by molar-refractivity contribution is -0.127. The van der Waals surface area contributed by atoms with Crippen LogP contribution in [0.15, 0.2) is 34.9 Å². The van der Waals surface area contributed by atoms with Gasteiger partial charge in [-0.1, -0.05) is 17.3 Å². The molecular weight excluding hydrogens is 322 g/mol. The van der Waals surface area contributed by atoms with Gasteiger partial charge in [-0.25, -0.2) is 0 Å². The third-order valence-electron chi connectivity index (χ3n) is 4.62. The minimum Gasteiger partial charge on any atom is -0.496 e. The SMILES string of the molecule is COc1ccccc1-c1cc(CNC(=O)[C@H]2CC[C@H](N)[C@@H](O)C2)on1. The maximum Gasteiger partial charge on any atom is 0.223 e. The number of para-hydroxylation sites is 1. The van der Waals surface area contributed by atoms with Crippen LogP contribution in [0, 0.1) is 5.92 Å². The summed E-state index contributed by atoms with van der Waals surface area (Å²) in [6.45, 7) is 0.250. The molecule has 1 aromatic heterocycles. The molecule has 1 aliphatic carbocycles. The van der Waals surface area contributed by atoms with Gasteiger partial charge in [-0.15, -0.1) is 0 Å². The van der Waals surface area contributed by atoms with Crippen molar-refractivity contribution in [1.82, 2.24) is 10.5 Å². The van der Waals surface area contributed by atoms with Gasteiger partial charge in [-0.2, -0.15) is 0 Å². The highest BCUT2D eigenvalue weighted by molar-refractivity contribution is 5.78. The molecule has 0 spiro atoms. The third-order valence-corrected chi connectivity index (χ3v) is 4.62. The van der Waals surface area contributed by atoms with E-state index in [1.165, 1.54) is 0 Å². The Bertz CT molecular complexity index is 731. The van der Waals surface area contributed by atoms with E-state index in [1.54, 1.807) is 13.2 Å². The first kappa shape index (κ1) is 17.4. The Morgan fingerprint density at radius 2 is 2.24 bits per heavy atom. The summed E-state index contributed by atoms with van der Waals surface area (Å²) in [5.41, 5.74) is 7.25. The number of carbonyl (C=O) groups is 1. The lowest BCUT2D eigenvalue weighted by atomic mass is 9.84. The molecule has 7 heteroatoms. The molecule has 1 saturated carbocycles. The highest BCUT2D eigenvalue weighted by Crippen LogP contribution is 2.29. The molecule has 1 amide bonds. The number of hydrogen-bond acceptors (Lipinski definition) is 6. The van der Waals surface area contributed by atoms with Gasteiger partial charge in [0.1, 0.15) is 11.4 Å². The number of aromatic nitrogens is 1. The number of amides is 1. The van der Waals surface area contributed by atoms with Crippen molar-refractivity contribution in [3.05, 3.63) is 36.1 Å². The van der Waals surface area contributed by atoms with Gasteiger partial charge in [0.05, 0.1) is 19.8 Å². The smallest absolute Gasteiger partial charge is 0.223 e. The molecule has 3 atom stereocenters. The molecule has 7 nitrogen and oxygen atoms in total. The predicted octanol–water partition coefficient (Wildman–Crippen LogP) is 1.45. The molecule has 0 unspecified atom stereocenters. The normalized spacial score (nSPS) is 23.2. The van der Waals surface area contributed by atoms with Crippen molar-refractivity contribution in [3.63, 3.8) is 0 Å². The maximum atomic E-state index is 12.3. The van der Waals surface area contributed by atoms with Crippen LogP contribution in [0.4, 0.5) is 0 Å². The molecule has 25 heavy (non-hydrogen) atoms. The Kier molecular flexibility index (Phi) is 5.35. The molecule has 1 fully saturated rings. The quantitative estimate of drug-likeness (QED) is 0.756. The summed E-state index contributed by atoms with van der Waals surface area (Å²) in [4.78, 5) is 12.3. The Morgan fingerprint density at radius 1 is 1.44 bits per heavy atom. The molecule has 0 bridgehead atoms. The summed E-state index contributed by atoms with van der Waals surface area (Å²) in [5.74, 6) is 0.953. The Balaban J connectivity index is 1.59. The van der Waals surface area contributed by atoms with Crippen LogP contribution in [0.25, 0.3) is 11.3 Å². The molecule has 0 aliphatic heterocycles. The van der Waals surface area contributed by atoms with Crippen LogP contribution in [0.5, 0.6) is 5.75 Å². The number of nitrogens with zero attached hydrogens (tertiary/aromatic N) is 1. The Morgan fingerprint density at radius 3 is 3.00 bits per heavy atom. The zero-order valence-electron chi connectivity index (χ0n) is 14.1. The summed E-state index contributed by atoms with van der Waals surface area (Å²) in [7, 11) is 1.60. The number of rotatable bonds is 5. The summed E-state index contributed by atoms with van der Waals surface area (Å²) < 4.78 is 10.6. The van der Waals surface area contributed by atoms with Crippen molar-refractivity contribution < 1.29 is 19.2 Å². The highest BCUT2D eigenvalue weighted by atomic mass is 16.5. The van der Waals surface area contributed by atoms with Crippen LogP contribution in [0.1, 0.15) is 25.0 Å². The number of nitrogens with one attached hydrogen (secondary N) is 1. The summed E-state index contributed by atoms with van der Waals surface area (Å²) in [5, 5.41) is 16.7. The molecule has 2 aromatic rings. The van der Waals surface area contributed by atoms with Gasteiger partial charge in [-0.05, 0) is 31.4 Å².